The van der Waals surface area contributed by atoms with Crippen LogP contribution in [0.3, 0.4) is 0 Å². The van der Waals surface area contributed by atoms with E-state index in [1.807, 2.05) is 6.07 Å². The number of anilines is 2. The second-order valence-corrected chi connectivity index (χ2v) is 5.33. The van der Waals surface area contributed by atoms with E-state index in [-0.39, 0.29) is 5.41 Å². The summed E-state index contributed by atoms with van der Waals surface area (Å²) in [5, 5.41) is 0. The fourth-order valence-corrected chi connectivity index (χ4v) is 3.60. The van der Waals surface area contributed by atoms with Gasteiger partial charge in [-0.3, -0.25) is 0 Å². The molecule has 3 rings (SSSR count). The van der Waals surface area contributed by atoms with Gasteiger partial charge < -0.3 is 11.5 Å². The van der Waals surface area contributed by atoms with Crippen molar-refractivity contribution < 1.29 is 0 Å². The van der Waals surface area contributed by atoms with Gasteiger partial charge in [-0.05, 0) is 35.6 Å². The predicted molar refractivity (Wildman–Crippen MR) is 82.1 cm³/mol. The van der Waals surface area contributed by atoms with E-state index in [1.54, 1.807) is 0 Å². The van der Waals surface area contributed by atoms with E-state index in [1.165, 1.54) is 16.7 Å². The summed E-state index contributed by atoms with van der Waals surface area (Å²) in [5.74, 6) is 0. The van der Waals surface area contributed by atoms with Crippen LogP contribution in [-0.4, -0.2) is 0 Å². The SMILES string of the molecule is CCC1(CC)c2ccccc2-c2c1ccc(N)c2N. The van der Waals surface area contributed by atoms with Gasteiger partial charge in [0.2, 0.25) is 0 Å². The third-order valence-electron chi connectivity index (χ3n) is 4.71. The molecule has 0 saturated heterocycles. The van der Waals surface area contributed by atoms with Crippen molar-refractivity contribution in [3.8, 4) is 11.1 Å². The molecule has 0 radical (unpaired) electrons. The number of benzene rings is 2. The zero-order valence-corrected chi connectivity index (χ0v) is 11.5. The van der Waals surface area contributed by atoms with Crippen molar-refractivity contribution in [2.24, 2.45) is 0 Å². The predicted octanol–water partition coefficient (Wildman–Crippen LogP) is 3.94. The minimum atomic E-state index is 0.0910. The molecule has 0 bridgehead atoms. The molecule has 0 saturated carbocycles. The fourth-order valence-electron chi connectivity index (χ4n) is 3.60. The second kappa shape index (κ2) is 4.02. The van der Waals surface area contributed by atoms with Gasteiger partial charge >= 0.3 is 0 Å². The molecule has 0 atom stereocenters. The van der Waals surface area contributed by atoms with Crippen molar-refractivity contribution in [2.45, 2.75) is 32.1 Å². The maximum atomic E-state index is 6.25. The quantitative estimate of drug-likeness (QED) is 0.795. The number of fused-ring (bicyclic) bond motifs is 3. The van der Waals surface area contributed by atoms with Crippen molar-refractivity contribution in [1.82, 2.24) is 0 Å². The zero-order chi connectivity index (χ0) is 13.6. The van der Waals surface area contributed by atoms with Crippen LogP contribution in [0.4, 0.5) is 11.4 Å². The van der Waals surface area contributed by atoms with Crippen LogP contribution in [-0.2, 0) is 5.41 Å². The molecule has 0 fully saturated rings. The average Bonchev–Trinajstić information content (AvgIpc) is 2.74. The Balaban J connectivity index is 2.44. The first-order valence-electron chi connectivity index (χ1n) is 6.94. The minimum absolute atomic E-state index is 0.0910. The van der Waals surface area contributed by atoms with Gasteiger partial charge in [0, 0.05) is 11.0 Å². The van der Waals surface area contributed by atoms with Crippen LogP contribution in [0.25, 0.3) is 11.1 Å². The molecule has 98 valence electrons. The van der Waals surface area contributed by atoms with E-state index in [0.29, 0.717) is 5.69 Å². The number of nitrogen functional groups attached to an aromatic ring is 2. The van der Waals surface area contributed by atoms with Gasteiger partial charge in [0.05, 0.1) is 11.4 Å². The Morgan fingerprint density at radius 2 is 1.58 bits per heavy atom. The van der Waals surface area contributed by atoms with Gasteiger partial charge in [-0.15, -0.1) is 0 Å². The third kappa shape index (κ3) is 1.37. The molecular weight excluding hydrogens is 232 g/mol. The van der Waals surface area contributed by atoms with Crippen molar-refractivity contribution >= 4 is 11.4 Å². The van der Waals surface area contributed by atoms with Gasteiger partial charge in [0.15, 0.2) is 0 Å². The number of rotatable bonds is 2. The van der Waals surface area contributed by atoms with E-state index in [0.717, 1.165) is 24.1 Å². The van der Waals surface area contributed by atoms with Crippen LogP contribution in [0, 0.1) is 0 Å². The van der Waals surface area contributed by atoms with Crippen LogP contribution in [0.15, 0.2) is 36.4 Å². The Bertz CT molecular complexity index is 640. The summed E-state index contributed by atoms with van der Waals surface area (Å²) in [7, 11) is 0. The molecule has 1 aliphatic rings. The molecule has 4 N–H and O–H groups in total. The third-order valence-corrected chi connectivity index (χ3v) is 4.71. The van der Waals surface area contributed by atoms with Crippen LogP contribution >= 0.6 is 0 Å². The first-order chi connectivity index (χ1) is 9.15. The lowest BCUT2D eigenvalue weighted by atomic mass is 9.74. The highest BCUT2D eigenvalue weighted by Gasteiger charge is 2.41. The van der Waals surface area contributed by atoms with E-state index in [4.69, 9.17) is 11.5 Å². The lowest BCUT2D eigenvalue weighted by Crippen LogP contribution is -2.23. The van der Waals surface area contributed by atoms with Crippen LogP contribution in [0.1, 0.15) is 37.8 Å². The monoisotopic (exact) mass is 252 g/mol. The maximum absolute atomic E-state index is 6.25. The number of nitrogens with two attached hydrogens (primary N) is 2. The van der Waals surface area contributed by atoms with Crippen molar-refractivity contribution in [3.05, 3.63) is 47.5 Å². The van der Waals surface area contributed by atoms with Gasteiger partial charge in [-0.2, -0.15) is 0 Å². The van der Waals surface area contributed by atoms with Crippen molar-refractivity contribution in [1.29, 1.82) is 0 Å². The Kier molecular flexibility index (Phi) is 2.56. The van der Waals surface area contributed by atoms with Gasteiger partial charge in [-0.1, -0.05) is 44.2 Å². The summed E-state index contributed by atoms with van der Waals surface area (Å²) < 4.78 is 0. The second-order valence-electron chi connectivity index (χ2n) is 5.33. The summed E-state index contributed by atoms with van der Waals surface area (Å²) in [4.78, 5) is 0. The number of hydrogen-bond donors (Lipinski definition) is 2. The summed E-state index contributed by atoms with van der Waals surface area (Å²) in [6.07, 6.45) is 2.16. The molecule has 0 aromatic heterocycles. The summed E-state index contributed by atoms with van der Waals surface area (Å²) in [6.45, 7) is 4.50. The van der Waals surface area contributed by atoms with E-state index >= 15 is 0 Å². The zero-order valence-electron chi connectivity index (χ0n) is 11.5. The molecule has 0 aliphatic heterocycles. The van der Waals surface area contributed by atoms with Gasteiger partial charge in [0.1, 0.15) is 0 Å². The first-order valence-corrected chi connectivity index (χ1v) is 6.94. The van der Waals surface area contributed by atoms with Crippen LogP contribution in [0.2, 0.25) is 0 Å². The normalized spacial score (nSPS) is 15.1. The Hall–Kier alpha value is -1.96. The van der Waals surface area contributed by atoms with Crippen LogP contribution < -0.4 is 11.5 Å². The Morgan fingerprint density at radius 3 is 2.26 bits per heavy atom. The molecule has 0 unspecified atom stereocenters. The smallest absolute Gasteiger partial charge is 0.0630 e. The lowest BCUT2D eigenvalue weighted by molar-refractivity contribution is 0.490. The van der Waals surface area contributed by atoms with E-state index in [9.17, 15) is 0 Å². The van der Waals surface area contributed by atoms with Crippen molar-refractivity contribution in [2.75, 3.05) is 11.5 Å². The molecule has 0 heterocycles. The Labute approximate surface area is 114 Å². The maximum Gasteiger partial charge on any atom is 0.0630 e. The lowest BCUT2D eigenvalue weighted by Gasteiger charge is -2.29. The molecule has 2 nitrogen and oxygen atoms in total. The van der Waals surface area contributed by atoms with Gasteiger partial charge in [0.25, 0.3) is 0 Å². The molecule has 2 aromatic carbocycles. The summed E-state index contributed by atoms with van der Waals surface area (Å²) in [5.41, 5.74) is 18.9. The highest BCUT2D eigenvalue weighted by atomic mass is 14.7. The first kappa shape index (κ1) is 12.1. The summed E-state index contributed by atoms with van der Waals surface area (Å²) >= 11 is 0. The standard InChI is InChI=1S/C17H20N2/c1-3-17(4-2)12-8-6-5-7-11(12)15-13(17)9-10-14(18)16(15)19/h5-10H,3-4,18-19H2,1-2H3. The Morgan fingerprint density at radius 1 is 0.895 bits per heavy atom. The molecule has 2 aromatic rings. The topological polar surface area (TPSA) is 52.0 Å². The highest BCUT2D eigenvalue weighted by molar-refractivity contribution is 5.93. The fraction of sp³-hybridized carbons (Fsp3) is 0.294. The average molecular weight is 252 g/mol. The molecule has 19 heavy (non-hydrogen) atoms. The molecular formula is C17H20N2. The molecule has 0 amide bonds. The summed E-state index contributed by atoms with van der Waals surface area (Å²) in [6, 6.07) is 12.7. The van der Waals surface area contributed by atoms with Crippen molar-refractivity contribution in [3.63, 3.8) is 0 Å². The van der Waals surface area contributed by atoms with E-state index < -0.39 is 0 Å². The van der Waals surface area contributed by atoms with Gasteiger partial charge in [-0.25, -0.2) is 0 Å². The number of hydrogen-bond acceptors (Lipinski definition) is 2. The highest BCUT2D eigenvalue weighted by Crippen LogP contribution is 2.55. The largest absolute Gasteiger partial charge is 0.397 e. The van der Waals surface area contributed by atoms with Crippen LogP contribution in [0.5, 0.6) is 0 Å². The van der Waals surface area contributed by atoms with E-state index in [2.05, 4.69) is 44.2 Å². The minimum Gasteiger partial charge on any atom is -0.397 e. The molecule has 2 heteroatoms. The molecule has 1 aliphatic carbocycles. The molecule has 0 spiro atoms.